The van der Waals surface area contributed by atoms with Crippen LogP contribution in [0, 0.1) is 27.7 Å². The maximum Gasteiger partial charge on any atom is 0.172 e. The summed E-state index contributed by atoms with van der Waals surface area (Å²) < 4.78 is 1.73. The quantitative estimate of drug-likeness (QED) is 0.785. The van der Waals surface area contributed by atoms with Gasteiger partial charge in [-0.25, -0.2) is 9.67 Å². The van der Waals surface area contributed by atoms with E-state index in [4.69, 9.17) is 5.73 Å². The van der Waals surface area contributed by atoms with E-state index in [1.165, 1.54) is 0 Å². The van der Waals surface area contributed by atoms with Crippen LogP contribution >= 0.6 is 0 Å². The second-order valence-electron chi connectivity index (χ2n) is 3.90. The second-order valence-corrected chi connectivity index (χ2v) is 3.90. The van der Waals surface area contributed by atoms with Crippen molar-refractivity contribution in [2.75, 3.05) is 5.73 Å². The molecule has 0 bridgehead atoms. The van der Waals surface area contributed by atoms with Crippen LogP contribution in [0.3, 0.4) is 0 Å². The van der Waals surface area contributed by atoms with Crippen molar-refractivity contribution in [3.8, 4) is 5.82 Å². The summed E-state index contributed by atoms with van der Waals surface area (Å²) in [7, 11) is 0. The van der Waals surface area contributed by atoms with Crippen LogP contribution in [0.5, 0.6) is 0 Å². The first-order chi connectivity index (χ1) is 7.50. The van der Waals surface area contributed by atoms with Crippen LogP contribution in [0.4, 0.5) is 5.69 Å². The summed E-state index contributed by atoms with van der Waals surface area (Å²) in [6.07, 6.45) is 1.71. The van der Waals surface area contributed by atoms with Crippen molar-refractivity contribution in [1.82, 2.24) is 19.7 Å². The Morgan fingerprint density at radius 2 is 1.75 bits per heavy atom. The maximum atomic E-state index is 5.88. The Bertz CT molecular complexity index is 542. The van der Waals surface area contributed by atoms with Gasteiger partial charge in [0.25, 0.3) is 0 Å². The fraction of sp³-hybridized carbons (Fsp3) is 0.364. The first kappa shape index (κ1) is 10.6. The van der Waals surface area contributed by atoms with Crippen molar-refractivity contribution in [2.24, 2.45) is 0 Å². The molecule has 2 heterocycles. The smallest absolute Gasteiger partial charge is 0.172 e. The summed E-state index contributed by atoms with van der Waals surface area (Å²) in [6.45, 7) is 7.67. The summed E-state index contributed by atoms with van der Waals surface area (Å²) in [5, 5.41) is 4.34. The first-order valence-electron chi connectivity index (χ1n) is 5.13. The predicted molar refractivity (Wildman–Crippen MR) is 62.5 cm³/mol. The van der Waals surface area contributed by atoms with Gasteiger partial charge in [-0.1, -0.05) is 0 Å². The summed E-state index contributed by atoms with van der Waals surface area (Å²) in [4.78, 5) is 8.71. The Labute approximate surface area is 94.3 Å². The molecule has 0 aliphatic carbocycles. The van der Waals surface area contributed by atoms with Crippen LogP contribution in [0.2, 0.25) is 0 Å². The van der Waals surface area contributed by atoms with E-state index in [1.807, 2.05) is 27.7 Å². The van der Waals surface area contributed by atoms with Gasteiger partial charge in [-0.15, -0.1) is 0 Å². The lowest BCUT2D eigenvalue weighted by atomic mass is 10.3. The van der Waals surface area contributed by atoms with Gasteiger partial charge in [0.2, 0.25) is 0 Å². The number of hydrogen-bond acceptors (Lipinski definition) is 4. The third-order valence-corrected chi connectivity index (χ3v) is 2.74. The minimum atomic E-state index is 0.708. The average Bonchev–Trinajstić information content (AvgIpc) is 2.50. The number of rotatable bonds is 1. The average molecular weight is 217 g/mol. The molecule has 0 radical (unpaired) electrons. The van der Waals surface area contributed by atoms with Crippen LogP contribution < -0.4 is 5.73 Å². The van der Waals surface area contributed by atoms with Crippen LogP contribution in [0.15, 0.2) is 6.20 Å². The largest absolute Gasteiger partial charge is 0.396 e. The number of nitrogens with zero attached hydrogens (tertiary/aromatic N) is 4. The molecule has 2 N–H and O–H groups in total. The maximum absolute atomic E-state index is 5.88. The number of hydrogen-bond donors (Lipinski definition) is 1. The topological polar surface area (TPSA) is 69.6 Å². The van der Waals surface area contributed by atoms with Crippen molar-refractivity contribution >= 4 is 5.69 Å². The summed E-state index contributed by atoms with van der Waals surface area (Å²) >= 11 is 0. The van der Waals surface area contributed by atoms with E-state index < -0.39 is 0 Å². The van der Waals surface area contributed by atoms with E-state index in [0.29, 0.717) is 11.5 Å². The first-order valence-corrected chi connectivity index (χ1v) is 5.13. The monoisotopic (exact) mass is 217 g/mol. The minimum absolute atomic E-state index is 0.708. The van der Waals surface area contributed by atoms with E-state index in [-0.39, 0.29) is 0 Å². The number of aromatic nitrogens is 4. The standard InChI is InChI=1S/C11H15N5/c1-6-7(2)14-10(5-13-6)16-9(4)11(12)8(3)15-16/h5H,12H2,1-4H3. The molecule has 5 nitrogen and oxygen atoms in total. The molecule has 0 aliphatic heterocycles. The van der Waals surface area contributed by atoms with Crippen molar-refractivity contribution < 1.29 is 0 Å². The van der Waals surface area contributed by atoms with E-state index >= 15 is 0 Å². The summed E-state index contributed by atoms with van der Waals surface area (Å²) in [5.74, 6) is 0.709. The van der Waals surface area contributed by atoms with Gasteiger partial charge in [0.05, 0.1) is 34.7 Å². The van der Waals surface area contributed by atoms with E-state index in [2.05, 4.69) is 15.1 Å². The fourth-order valence-electron chi connectivity index (χ4n) is 1.51. The Morgan fingerprint density at radius 3 is 2.25 bits per heavy atom. The lowest BCUT2D eigenvalue weighted by Crippen LogP contribution is -2.05. The molecule has 0 atom stereocenters. The summed E-state index contributed by atoms with van der Waals surface area (Å²) in [6, 6.07) is 0. The van der Waals surface area contributed by atoms with Gasteiger partial charge in [0, 0.05) is 0 Å². The van der Waals surface area contributed by atoms with Gasteiger partial charge in [0.1, 0.15) is 0 Å². The van der Waals surface area contributed by atoms with Gasteiger partial charge in [-0.2, -0.15) is 5.10 Å². The zero-order valence-corrected chi connectivity index (χ0v) is 9.94. The molecule has 2 aromatic rings. The van der Waals surface area contributed by atoms with E-state index in [1.54, 1.807) is 10.9 Å². The van der Waals surface area contributed by atoms with Crippen LogP contribution in [-0.2, 0) is 0 Å². The van der Waals surface area contributed by atoms with Crippen molar-refractivity contribution in [3.63, 3.8) is 0 Å². The lowest BCUT2D eigenvalue weighted by Gasteiger charge is -2.05. The SMILES string of the molecule is Cc1ncc(-n2nc(C)c(N)c2C)nc1C. The molecular formula is C11H15N5. The Balaban J connectivity index is 2.59. The molecular weight excluding hydrogens is 202 g/mol. The number of anilines is 1. The lowest BCUT2D eigenvalue weighted by molar-refractivity contribution is 0.789. The molecule has 5 heteroatoms. The highest BCUT2D eigenvalue weighted by atomic mass is 15.3. The minimum Gasteiger partial charge on any atom is -0.396 e. The van der Waals surface area contributed by atoms with Gasteiger partial charge in [-0.3, -0.25) is 4.98 Å². The van der Waals surface area contributed by atoms with E-state index in [9.17, 15) is 0 Å². The summed E-state index contributed by atoms with van der Waals surface area (Å²) in [5.41, 5.74) is 10.1. The number of nitrogens with two attached hydrogens (primary N) is 1. The number of nitrogen functional groups attached to an aromatic ring is 1. The fourth-order valence-corrected chi connectivity index (χ4v) is 1.51. The van der Waals surface area contributed by atoms with Crippen molar-refractivity contribution in [2.45, 2.75) is 27.7 Å². The van der Waals surface area contributed by atoms with Crippen molar-refractivity contribution in [3.05, 3.63) is 29.0 Å². The molecule has 0 saturated heterocycles. The molecule has 0 aliphatic rings. The molecule has 0 fully saturated rings. The third-order valence-electron chi connectivity index (χ3n) is 2.74. The molecule has 84 valence electrons. The molecule has 0 amide bonds. The Kier molecular flexibility index (Phi) is 2.38. The highest BCUT2D eigenvalue weighted by molar-refractivity contribution is 5.49. The Hall–Kier alpha value is -1.91. The number of aryl methyl sites for hydroxylation is 3. The molecule has 2 aromatic heterocycles. The highest BCUT2D eigenvalue weighted by Crippen LogP contribution is 2.18. The molecule has 0 aromatic carbocycles. The van der Waals surface area contributed by atoms with Crippen LogP contribution in [0.1, 0.15) is 22.8 Å². The van der Waals surface area contributed by atoms with Crippen molar-refractivity contribution in [1.29, 1.82) is 0 Å². The zero-order valence-electron chi connectivity index (χ0n) is 9.94. The molecule has 0 saturated carbocycles. The molecule has 2 rings (SSSR count). The third kappa shape index (κ3) is 1.54. The van der Waals surface area contributed by atoms with Crippen LogP contribution in [-0.4, -0.2) is 19.7 Å². The van der Waals surface area contributed by atoms with Gasteiger partial charge in [-0.05, 0) is 27.7 Å². The molecule has 0 spiro atoms. The van der Waals surface area contributed by atoms with Crippen LogP contribution in [0.25, 0.3) is 5.82 Å². The highest BCUT2D eigenvalue weighted by Gasteiger charge is 2.11. The Morgan fingerprint density at radius 1 is 1.06 bits per heavy atom. The predicted octanol–water partition coefficient (Wildman–Crippen LogP) is 1.48. The molecule has 16 heavy (non-hydrogen) atoms. The van der Waals surface area contributed by atoms with Gasteiger partial charge in [0.15, 0.2) is 5.82 Å². The zero-order chi connectivity index (χ0) is 11.9. The normalized spacial score (nSPS) is 10.8. The van der Waals surface area contributed by atoms with E-state index in [0.717, 1.165) is 22.8 Å². The van der Waals surface area contributed by atoms with Gasteiger partial charge < -0.3 is 5.73 Å². The molecule has 0 unspecified atom stereocenters. The van der Waals surface area contributed by atoms with Gasteiger partial charge >= 0.3 is 0 Å². The second kappa shape index (κ2) is 3.59.